The number of carbonyl (C=O) groups excluding carboxylic acids is 2. The summed E-state index contributed by atoms with van der Waals surface area (Å²) in [4.78, 5) is 27.9. The minimum absolute atomic E-state index is 0.0536. The molecule has 6 heteroatoms. The molecule has 2 atom stereocenters. The molecule has 0 aliphatic carbocycles. The lowest BCUT2D eigenvalue weighted by Gasteiger charge is -2.31. The Balaban J connectivity index is 2.24. The molecule has 32 heavy (non-hydrogen) atoms. The number of halogens is 1. The lowest BCUT2D eigenvalue weighted by atomic mass is 10.1. The summed E-state index contributed by atoms with van der Waals surface area (Å²) in [7, 11) is 0. The van der Waals surface area contributed by atoms with E-state index in [2.05, 4.69) is 21.2 Å². The van der Waals surface area contributed by atoms with Gasteiger partial charge in [-0.15, -0.1) is 0 Å². The van der Waals surface area contributed by atoms with Gasteiger partial charge in [0.05, 0.1) is 0 Å². The van der Waals surface area contributed by atoms with Crippen LogP contribution in [0.25, 0.3) is 0 Å². The molecule has 0 unspecified atom stereocenters. The van der Waals surface area contributed by atoms with E-state index < -0.39 is 6.04 Å². The molecule has 0 aliphatic rings. The molecule has 174 valence electrons. The minimum Gasteiger partial charge on any atom is -0.484 e. The first-order valence-corrected chi connectivity index (χ1v) is 12.0. The molecule has 0 saturated heterocycles. The fourth-order valence-electron chi connectivity index (χ4n) is 3.47. The van der Waals surface area contributed by atoms with E-state index in [0.717, 1.165) is 33.1 Å². The third-order valence-electron chi connectivity index (χ3n) is 5.63. The van der Waals surface area contributed by atoms with Crippen molar-refractivity contribution in [3.05, 3.63) is 63.1 Å². The van der Waals surface area contributed by atoms with Crippen molar-refractivity contribution in [2.45, 2.75) is 73.0 Å². The van der Waals surface area contributed by atoms with Gasteiger partial charge in [0.25, 0.3) is 5.91 Å². The summed E-state index contributed by atoms with van der Waals surface area (Å²) in [5.41, 5.74) is 4.22. The number of nitrogens with one attached hydrogen (secondary N) is 1. The van der Waals surface area contributed by atoms with Crippen molar-refractivity contribution >= 4 is 27.7 Å². The number of nitrogens with zero attached hydrogens (tertiary/aromatic N) is 1. The van der Waals surface area contributed by atoms with Gasteiger partial charge >= 0.3 is 0 Å². The maximum absolute atomic E-state index is 13.3. The number of hydrogen-bond acceptors (Lipinski definition) is 3. The molecule has 2 aromatic carbocycles. The van der Waals surface area contributed by atoms with Crippen molar-refractivity contribution in [2.75, 3.05) is 6.61 Å². The summed E-state index contributed by atoms with van der Waals surface area (Å²) in [6.07, 6.45) is 1.36. The Labute approximate surface area is 200 Å². The van der Waals surface area contributed by atoms with Crippen molar-refractivity contribution in [3.8, 4) is 5.75 Å². The van der Waals surface area contributed by atoms with E-state index in [9.17, 15) is 9.59 Å². The summed E-state index contributed by atoms with van der Waals surface area (Å²) in [6, 6.07) is 11.3. The molecule has 5 nitrogen and oxygen atoms in total. The lowest BCUT2D eigenvalue weighted by Crippen LogP contribution is -2.51. The lowest BCUT2D eigenvalue weighted by molar-refractivity contribution is -0.143. The number of aryl methyl sites for hydroxylation is 3. The van der Waals surface area contributed by atoms with Crippen LogP contribution in [0.15, 0.2) is 40.9 Å². The Morgan fingerprint density at radius 3 is 2.16 bits per heavy atom. The monoisotopic (exact) mass is 502 g/mol. The normalized spacial score (nSPS) is 12.7. The maximum Gasteiger partial charge on any atom is 0.261 e. The first-order valence-electron chi connectivity index (χ1n) is 11.2. The molecule has 0 heterocycles. The van der Waals surface area contributed by atoms with Crippen LogP contribution in [0.1, 0.15) is 55.9 Å². The van der Waals surface area contributed by atoms with E-state index in [1.165, 1.54) is 0 Å². The van der Waals surface area contributed by atoms with Crippen LogP contribution in [0.5, 0.6) is 5.75 Å². The highest BCUT2D eigenvalue weighted by molar-refractivity contribution is 9.10. The van der Waals surface area contributed by atoms with Crippen molar-refractivity contribution in [1.29, 1.82) is 0 Å². The third-order valence-corrected chi connectivity index (χ3v) is 6.88. The zero-order valence-electron chi connectivity index (χ0n) is 20.0. The van der Waals surface area contributed by atoms with E-state index in [0.29, 0.717) is 18.7 Å². The molecule has 0 fully saturated rings. The average molecular weight is 503 g/mol. The Morgan fingerprint density at radius 1 is 1.03 bits per heavy atom. The number of ether oxygens (including phenoxy) is 1. The van der Waals surface area contributed by atoms with Crippen LogP contribution >= 0.6 is 15.9 Å². The fourth-order valence-corrected chi connectivity index (χ4v) is 3.70. The summed E-state index contributed by atoms with van der Waals surface area (Å²) < 4.78 is 6.89. The number of hydrogen-bond donors (Lipinski definition) is 1. The van der Waals surface area contributed by atoms with Gasteiger partial charge in [-0.3, -0.25) is 9.59 Å². The van der Waals surface area contributed by atoms with E-state index in [-0.39, 0.29) is 24.5 Å². The second-order valence-corrected chi connectivity index (χ2v) is 9.20. The summed E-state index contributed by atoms with van der Waals surface area (Å²) in [5, 5.41) is 3.03. The molecule has 2 rings (SSSR count). The molecule has 0 saturated carbocycles. The molecule has 0 spiro atoms. The Bertz CT molecular complexity index is 904. The predicted octanol–water partition coefficient (Wildman–Crippen LogP) is 5.48. The number of amides is 2. The smallest absolute Gasteiger partial charge is 0.261 e. The van der Waals surface area contributed by atoms with Crippen molar-refractivity contribution < 1.29 is 14.3 Å². The molecule has 0 aliphatic heterocycles. The van der Waals surface area contributed by atoms with Crippen molar-refractivity contribution in [2.24, 2.45) is 0 Å². The van der Waals surface area contributed by atoms with E-state index in [1.54, 1.807) is 4.90 Å². The summed E-state index contributed by atoms with van der Waals surface area (Å²) in [6.45, 7) is 12.2. The van der Waals surface area contributed by atoms with Crippen LogP contribution in [0.4, 0.5) is 0 Å². The van der Waals surface area contributed by atoms with Gasteiger partial charge in [0.2, 0.25) is 5.91 Å². The Kier molecular flexibility index (Phi) is 9.76. The van der Waals surface area contributed by atoms with Crippen molar-refractivity contribution in [1.82, 2.24) is 10.2 Å². The van der Waals surface area contributed by atoms with Crippen LogP contribution < -0.4 is 10.1 Å². The fraction of sp³-hybridized carbons (Fsp3) is 0.462. The van der Waals surface area contributed by atoms with Gasteiger partial charge in [0, 0.05) is 17.1 Å². The quantitative estimate of drug-likeness (QED) is 0.468. The van der Waals surface area contributed by atoms with E-state index >= 15 is 0 Å². The largest absolute Gasteiger partial charge is 0.484 e. The number of rotatable bonds is 10. The SMILES string of the molecule is CC[C@H](C(=O)N[C@@H](C)CC)N(Cc1ccc(C)cc1)C(=O)COc1cc(C)c(Br)c(C)c1. The second kappa shape index (κ2) is 12.0. The van der Waals surface area contributed by atoms with Crippen LogP contribution in [0.3, 0.4) is 0 Å². The van der Waals surface area contributed by atoms with E-state index in [1.807, 2.05) is 77.9 Å². The predicted molar refractivity (Wildman–Crippen MR) is 133 cm³/mol. The molecule has 1 N–H and O–H groups in total. The van der Waals surface area contributed by atoms with Gasteiger partial charge in [-0.2, -0.15) is 0 Å². The van der Waals surface area contributed by atoms with Gasteiger partial charge in [-0.1, -0.05) is 59.6 Å². The molecular formula is C26H35BrN2O3. The van der Waals surface area contributed by atoms with Gasteiger partial charge in [0.1, 0.15) is 11.8 Å². The molecule has 0 aromatic heterocycles. The van der Waals surface area contributed by atoms with Crippen LogP contribution in [0.2, 0.25) is 0 Å². The Hall–Kier alpha value is -2.34. The average Bonchev–Trinajstić information content (AvgIpc) is 2.76. The zero-order valence-corrected chi connectivity index (χ0v) is 21.6. The van der Waals surface area contributed by atoms with E-state index in [4.69, 9.17) is 4.74 Å². The minimum atomic E-state index is -0.560. The maximum atomic E-state index is 13.3. The number of benzene rings is 2. The molecule has 2 amide bonds. The molecule has 0 radical (unpaired) electrons. The van der Waals surface area contributed by atoms with Crippen LogP contribution in [-0.2, 0) is 16.1 Å². The Morgan fingerprint density at radius 2 is 1.62 bits per heavy atom. The van der Waals surface area contributed by atoms with Crippen LogP contribution in [-0.4, -0.2) is 35.4 Å². The van der Waals surface area contributed by atoms with Crippen LogP contribution in [0, 0.1) is 20.8 Å². The standard InChI is InChI=1S/C26H35BrN2O3/c1-7-20(6)28-26(31)23(8-2)29(15-21-11-9-17(3)10-12-21)24(30)16-32-22-13-18(4)25(27)19(5)14-22/h9-14,20,23H,7-8,15-16H2,1-6H3,(H,28,31)/t20-,23+/m0/s1. The highest BCUT2D eigenvalue weighted by atomic mass is 79.9. The third kappa shape index (κ3) is 7.09. The number of carbonyl (C=O) groups is 2. The highest BCUT2D eigenvalue weighted by Crippen LogP contribution is 2.26. The first-order chi connectivity index (χ1) is 15.2. The second-order valence-electron chi connectivity index (χ2n) is 8.41. The highest BCUT2D eigenvalue weighted by Gasteiger charge is 2.29. The summed E-state index contributed by atoms with van der Waals surface area (Å²) >= 11 is 3.55. The van der Waals surface area contributed by atoms with Gasteiger partial charge < -0.3 is 15.0 Å². The molecule has 2 aromatic rings. The molecule has 0 bridgehead atoms. The first kappa shape index (κ1) is 25.9. The zero-order chi connectivity index (χ0) is 23.8. The van der Waals surface area contributed by atoms with Gasteiger partial charge in [-0.25, -0.2) is 0 Å². The van der Waals surface area contributed by atoms with Crippen molar-refractivity contribution in [3.63, 3.8) is 0 Å². The summed E-state index contributed by atoms with van der Waals surface area (Å²) in [5.74, 6) is 0.302. The van der Waals surface area contributed by atoms with Gasteiger partial charge in [0.15, 0.2) is 6.61 Å². The topological polar surface area (TPSA) is 58.6 Å². The molecular weight excluding hydrogens is 468 g/mol. The van der Waals surface area contributed by atoms with Gasteiger partial charge in [-0.05, 0) is 69.4 Å².